The molecular formula is C20H29N5O. The largest absolute Gasteiger partial charge is 0.495 e. The molecule has 1 saturated heterocycles. The van der Waals surface area contributed by atoms with Crippen LogP contribution >= 0.6 is 0 Å². The fraction of sp³-hybridized carbons (Fsp3) is 0.500. The van der Waals surface area contributed by atoms with Crippen molar-refractivity contribution in [3.63, 3.8) is 0 Å². The molecule has 0 radical (unpaired) electrons. The average molecular weight is 355 g/mol. The quantitative estimate of drug-likeness (QED) is 0.769. The maximum absolute atomic E-state index is 5.50. The lowest BCUT2D eigenvalue weighted by Gasteiger charge is -2.37. The Labute approximate surface area is 156 Å². The number of unbranched alkanes of at least 4 members (excludes halogenated alkanes) is 1. The molecule has 1 N–H and O–H groups in total. The summed E-state index contributed by atoms with van der Waals surface area (Å²) in [6.07, 6.45) is 2.32. The minimum Gasteiger partial charge on any atom is -0.495 e. The monoisotopic (exact) mass is 355 g/mol. The summed E-state index contributed by atoms with van der Waals surface area (Å²) in [4.78, 5) is 13.9. The third kappa shape index (κ3) is 4.36. The minimum atomic E-state index is 0.814. The fourth-order valence-corrected chi connectivity index (χ4v) is 3.27. The molecule has 6 heteroatoms. The number of ether oxygens (including phenoxy) is 1. The Bertz CT molecular complexity index is 713. The van der Waals surface area contributed by atoms with Crippen LogP contribution in [0.1, 0.15) is 25.6 Å². The SMILES string of the molecule is CCCCNc1cc(N2CCN(c3ccccc3OC)CC2)nc(C)n1. The number of rotatable bonds is 7. The first kappa shape index (κ1) is 18.3. The Morgan fingerprint density at radius 1 is 1.08 bits per heavy atom. The van der Waals surface area contributed by atoms with Gasteiger partial charge >= 0.3 is 0 Å². The fourth-order valence-electron chi connectivity index (χ4n) is 3.27. The second-order valence-electron chi connectivity index (χ2n) is 6.58. The second-order valence-corrected chi connectivity index (χ2v) is 6.58. The van der Waals surface area contributed by atoms with Crippen LogP contribution in [-0.4, -0.2) is 49.8 Å². The summed E-state index contributed by atoms with van der Waals surface area (Å²) in [5, 5.41) is 3.41. The molecule has 1 aliphatic heterocycles. The van der Waals surface area contributed by atoms with Crippen LogP contribution in [0.15, 0.2) is 30.3 Å². The van der Waals surface area contributed by atoms with E-state index in [0.29, 0.717) is 0 Å². The second kappa shape index (κ2) is 8.74. The van der Waals surface area contributed by atoms with Crippen molar-refractivity contribution in [3.05, 3.63) is 36.2 Å². The number of para-hydroxylation sites is 2. The first-order valence-electron chi connectivity index (χ1n) is 9.43. The van der Waals surface area contributed by atoms with Crippen molar-refractivity contribution in [1.29, 1.82) is 0 Å². The molecule has 0 atom stereocenters. The lowest BCUT2D eigenvalue weighted by molar-refractivity contribution is 0.413. The number of methoxy groups -OCH3 is 1. The smallest absolute Gasteiger partial charge is 0.142 e. The third-order valence-electron chi connectivity index (χ3n) is 4.69. The molecule has 0 amide bonds. The van der Waals surface area contributed by atoms with Crippen LogP contribution in [0.25, 0.3) is 0 Å². The van der Waals surface area contributed by atoms with E-state index >= 15 is 0 Å². The molecule has 0 aliphatic carbocycles. The molecular weight excluding hydrogens is 326 g/mol. The predicted octanol–water partition coefficient (Wildman–Crippen LogP) is 3.33. The molecule has 1 aliphatic rings. The summed E-state index contributed by atoms with van der Waals surface area (Å²) >= 11 is 0. The van der Waals surface area contributed by atoms with E-state index in [4.69, 9.17) is 4.74 Å². The first-order chi connectivity index (χ1) is 12.7. The van der Waals surface area contributed by atoms with Gasteiger partial charge in [-0.15, -0.1) is 0 Å². The van der Waals surface area contributed by atoms with Gasteiger partial charge in [-0.3, -0.25) is 0 Å². The number of aromatic nitrogens is 2. The summed E-state index contributed by atoms with van der Waals surface area (Å²) in [5.41, 5.74) is 1.16. The number of benzene rings is 1. The van der Waals surface area contributed by atoms with Gasteiger partial charge < -0.3 is 19.9 Å². The van der Waals surface area contributed by atoms with Crippen molar-refractivity contribution >= 4 is 17.3 Å². The van der Waals surface area contributed by atoms with Gasteiger partial charge in [0.25, 0.3) is 0 Å². The number of hydrogen-bond donors (Lipinski definition) is 1. The van der Waals surface area contributed by atoms with Crippen LogP contribution in [0.2, 0.25) is 0 Å². The van der Waals surface area contributed by atoms with Crippen molar-refractivity contribution in [2.45, 2.75) is 26.7 Å². The zero-order valence-corrected chi connectivity index (χ0v) is 16.0. The summed E-state index contributed by atoms with van der Waals surface area (Å²) in [7, 11) is 1.73. The van der Waals surface area contributed by atoms with E-state index in [1.807, 2.05) is 19.1 Å². The molecule has 1 fully saturated rings. The van der Waals surface area contributed by atoms with Gasteiger partial charge in [-0.25, -0.2) is 9.97 Å². The normalized spacial score (nSPS) is 14.4. The van der Waals surface area contributed by atoms with Crippen LogP contribution in [0.3, 0.4) is 0 Å². The van der Waals surface area contributed by atoms with Gasteiger partial charge in [0.15, 0.2) is 0 Å². The summed E-state index contributed by atoms with van der Waals surface area (Å²) in [6.45, 7) is 8.86. The molecule has 2 aromatic rings. The van der Waals surface area contributed by atoms with Crippen LogP contribution < -0.4 is 19.9 Å². The third-order valence-corrected chi connectivity index (χ3v) is 4.69. The van der Waals surface area contributed by atoms with Crippen molar-refractivity contribution in [2.24, 2.45) is 0 Å². The molecule has 0 spiro atoms. The maximum Gasteiger partial charge on any atom is 0.142 e. The Morgan fingerprint density at radius 3 is 2.54 bits per heavy atom. The molecule has 2 heterocycles. The Kier molecular flexibility index (Phi) is 6.15. The highest BCUT2D eigenvalue weighted by molar-refractivity contribution is 5.60. The van der Waals surface area contributed by atoms with E-state index in [9.17, 15) is 0 Å². The van der Waals surface area contributed by atoms with Gasteiger partial charge in [-0.05, 0) is 25.5 Å². The highest BCUT2D eigenvalue weighted by Crippen LogP contribution is 2.29. The van der Waals surface area contributed by atoms with Crippen LogP contribution in [0.4, 0.5) is 17.3 Å². The van der Waals surface area contributed by atoms with Crippen LogP contribution in [0, 0.1) is 6.92 Å². The van der Waals surface area contributed by atoms with Crippen molar-refractivity contribution < 1.29 is 4.74 Å². The maximum atomic E-state index is 5.50. The summed E-state index contributed by atoms with van der Waals surface area (Å²) < 4.78 is 5.50. The standard InChI is InChI=1S/C20H29N5O/c1-4-5-10-21-19-15-20(23-16(2)22-19)25-13-11-24(12-14-25)17-8-6-7-9-18(17)26-3/h6-9,15H,4-5,10-14H2,1-3H3,(H,21,22,23). The molecule has 1 aromatic heterocycles. The number of nitrogens with one attached hydrogen (secondary N) is 1. The zero-order chi connectivity index (χ0) is 18.4. The summed E-state index contributed by atoms with van der Waals surface area (Å²) in [6, 6.07) is 10.3. The molecule has 3 rings (SSSR count). The van der Waals surface area contributed by atoms with E-state index < -0.39 is 0 Å². The highest BCUT2D eigenvalue weighted by Gasteiger charge is 2.21. The van der Waals surface area contributed by atoms with E-state index in [-0.39, 0.29) is 0 Å². The Balaban J connectivity index is 1.66. The van der Waals surface area contributed by atoms with E-state index in [0.717, 1.165) is 68.0 Å². The van der Waals surface area contributed by atoms with E-state index in [1.54, 1.807) is 7.11 Å². The average Bonchev–Trinajstić information content (AvgIpc) is 2.68. The van der Waals surface area contributed by atoms with Crippen molar-refractivity contribution in [2.75, 3.05) is 55.0 Å². The molecule has 0 unspecified atom stereocenters. The lowest BCUT2D eigenvalue weighted by Crippen LogP contribution is -2.47. The molecule has 26 heavy (non-hydrogen) atoms. The van der Waals surface area contributed by atoms with Gasteiger partial charge in [0, 0.05) is 38.8 Å². The molecule has 0 saturated carbocycles. The number of anilines is 3. The summed E-state index contributed by atoms with van der Waals surface area (Å²) in [5.74, 6) is 3.68. The van der Waals surface area contributed by atoms with Gasteiger partial charge in [0.2, 0.25) is 0 Å². The number of piperazine rings is 1. The topological polar surface area (TPSA) is 53.5 Å². The predicted molar refractivity (Wildman–Crippen MR) is 108 cm³/mol. The van der Waals surface area contributed by atoms with Crippen molar-refractivity contribution in [1.82, 2.24) is 9.97 Å². The molecule has 0 bridgehead atoms. The molecule has 140 valence electrons. The Hall–Kier alpha value is -2.50. The Morgan fingerprint density at radius 2 is 1.81 bits per heavy atom. The van der Waals surface area contributed by atoms with Gasteiger partial charge in [-0.2, -0.15) is 0 Å². The number of aryl methyl sites for hydroxylation is 1. The van der Waals surface area contributed by atoms with E-state index in [1.165, 1.54) is 6.42 Å². The van der Waals surface area contributed by atoms with Gasteiger partial charge in [0.05, 0.1) is 12.8 Å². The number of hydrogen-bond acceptors (Lipinski definition) is 6. The lowest BCUT2D eigenvalue weighted by atomic mass is 10.2. The van der Waals surface area contributed by atoms with Crippen LogP contribution in [0.5, 0.6) is 5.75 Å². The highest BCUT2D eigenvalue weighted by atomic mass is 16.5. The first-order valence-corrected chi connectivity index (χ1v) is 9.43. The van der Waals surface area contributed by atoms with Crippen molar-refractivity contribution in [3.8, 4) is 5.75 Å². The molecule has 6 nitrogen and oxygen atoms in total. The zero-order valence-electron chi connectivity index (χ0n) is 16.0. The number of nitrogens with zero attached hydrogens (tertiary/aromatic N) is 4. The van der Waals surface area contributed by atoms with Gasteiger partial charge in [-0.1, -0.05) is 25.5 Å². The minimum absolute atomic E-state index is 0.814. The molecule has 1 aromatic carbocycles. The van der Waals surface area contributed by atoms with Crippen LogP contribution in [-0.2, 0) is 0 Å². The van der Waals surface area contributed by atoms with E-state index in [2.05, 4.69) is 50.2 Å². The van der Waals surface area contributed by atoms with Gasteiger partial charge in [0.1, 0.15) is 23.2 Å².